The van der Waals surface area contributed by atoms with E-state index in [1.165, 1.54) is 11.1 Å². The maximum Gasteiger partial charge on any atom is 0.0920 e. The molecule has 1 aliphatic rings. The molecule has 4 heteroatoms. The molecule has 3 nitrogen and oxygen atoms in total. The van der Waals surface area contributed by atoms with Crippen LogP contribution in [-0.4, -0.2) is 34.6 Å². The second kappa shape index (κ2) is 9.57. The quantitative estimate of drug-likeness (QED) is 0.570. The zero-order valence-electron chi connectivity index (χ0n) is 17.0. The van der Waals surface area contributed by atoms with Crippen LogP contribution in [0.5, 0.6) is 0 Å². The summed E-state index contributed by atoms with van der Waals surface area (Å²) in [4.78, 5) is 6.73. The van der Waals surface area contributed by atoms with Crippen LogP contribution in [0.15, 0.2) is 85.2 Å². The monoisotopic (exact) mass is 418 g/mol. The van der Waals surface area contributed by atoms with Gasteiger partial charge in [0.2, 0.25) is 0 Å². The van der Waals surface area contributed by atoms with Crippen LogP contribution in [-0.2, 0) is 5.60 Å². The molecular weight excluding hydrogens is 392 g/mol. The summed E-state index contributed by atoms with van der Waals surface area (Å²) in [6.45, 7) is 2.76. The highest BCUT2D eigenvalue weighted by Crippen LogP contribution is 2.33. The molecule has 1 fully saturated rings. The molecule has 0 aliphatic carbocycles. The molecule has 0 atom stereocenters. The molecule has 2 aromatic carbocycles. The van der Waals surface area contributed by atoms with E-state index in [-0.39, 0.29) is 0 Å². The molecule has 1 aromatic heterocycles. The highest BCUT2D eigenvalue weighted by Gasteiger charge is 2.33. The lowest BCUT2D eigenvalue weighted by molar-refractivity contribution is -0.0254. The molecule has 1 saturated heterocycles. The van der Waals surface area contributed by atoms with Crippen molar-refractivity contribution in [2.75, 3.05) is 19.6 Å². The van der Waals surface area contributed by atoms with Crippen LogP contribution in [0.2, 0.25) is 5.02 Å². The fourth-order valence-electron chi connectivity index (χ4n) is 4.13. The number of likely N-dealkylation sites (tertiary alicyclic amines) is 1. The number of hydrogen-bond donors (Lipinski definition) is 1. The summed E-state index contributed by atoms with van der Waals surface area (Å²) in [7, 11) is 0. The van der Waals surface area contributed by atoms with Crippen LogP contribution < -0.4 is 0 Å². The molecule has 3 aromatic rings. The Morgan fingerprint density at radius 1 is 0.967 bits per heavy atom. The predicted octanol–water partition coefficient (Wildman–Crippen LogP) is 5.54. The zero-order valence-corrected chi connectivity index (χ0v) is 17.8. The average Bonchev–Trinajstić information content (AvgIpc) is 2.79. The third-order valence-corrected chi connectivity index (χ3v) is 6.17. The Morgan fingerprint density at radius 2 is 1.67 bits per heavy atom. The standard InChI is InChI=1S/C26H27ClN2O/c27-24-12-10-23(11-13-24)26(30)14-18-29(19-15-26)17-5-9-25(21-6-2-1-3-7-21)22-8-4-16-28-20-22/h1-4,6-13,16,20,30H,5,14-15,17-19H2/b25-9+. The normalized spacial score (nSPS) is 17.1. The summed E-state index contributed by atoms with van der Waals surface area (Å²) in [5, 5.41) is 11.8. The molecule has 0 spiro atoms. The highest BCUT2D eigenvalue weighted by molar-refractivity contribution is 6.30. The fourth-order valence-corrected chi connectivity index (χ4v) is 4.25. The van der Waals surface area contributed by atoms with Gasteiger partial charge < -0.3 is 10.0 Å². The lowest BCUT2D eigenvalue weighted by Crippen LogP contribution is -2.42. The number of halogens is 1. The topological polar surface area (TPSA) is 36.4 Å². The van der Waals surface area contributed by atoms with Gasteiger partial charge in [0.05, 0.1) is 5.60 Å². The molecule has 0 bridgehead atoms. The predicted molar refractivity (Wildman–Crippen MR) is 123 cm³/mol. The summed E-state index contributed by atoms with van der Waals surface area (Å²) in [6.07, 6.45) is 8.48. The van der Waals surface area contributed by atoms with Gasteiger partial charge in [-0.2, -0.15) is 0 Å². The maximum atomic E-state index is 11.1. The molecule has 2 heterocycles. The van der Waals surface area contributed by atoms with Crippen molar-refractivity contribution in [1.82, 2.24) is 9.88 Å². The first-order chi connectivity index (χ1) is 14.6. The molecule has 0 amide bonds. The Kier molecular flexibility index (Phi) is 6.63. The number of pyridine rings is 1. The van der Waals surface area contributed by atoms with Gasteiger partial charge in [-0.3, -0.25) is 4.98 Å². The minimum Gasteiger partial charge on any atom is -0.385 e. The number of piperidine rings is 1. The van der Waals surface area contributed by atoms with E-state index in [1.807, 2.05) is 48.8 Å². The first kappa shape index (κ1) is 20.8. The fraction of sp³-hybridized carbons (Fsp3) is 0.269. The Labute approximate surface area is 183 Å². The van der Waals surface area contributed by atoms with Crippen LogP contribution in [0.25, 0.3) is 5.57 Å². The molecule has 4 rings (SSSR count). The van der Waals surface area contributed by atoms with E-state index in [0.29, 0.717) is 5.02 Å². The van der Waals surface area contributed by atoms with Gasteiger partial charge in [0, 0.05) is 42.6 Å². The van der Waals surface area contributed by atoms with Crippen molar-refractivity contribution in [3.05, 3.63) is 107 Å². The first-order valence-electron chi connectivity index (χ1n) is 10.5. The third-order valence-electron chi connectivity index (χ3n) is 5.92. The van der Waals surface area contributed by atoms with Gasteiger partial charge in [-0.05, 0) is 54.2 Å². The molecule has 30 heavy (non-hydrogen) atoms. The van der Waals surface area contributed by atoms with Gasteiger partial charge in [0.15, 0.2) is 0 Å². The molecular formula is C26H27ClN2O. The van der Waals surface area contributed by atoms with Crippen molar-refractivity contribution in [2.45, 2.75) is 24.9 Å². The van der Waals surface area contributed by atoms with Crippen molar-refractivity contribution in [1.29, 1.82) is 0 Å². The lowest BCUT2D eigenvalue weighted by Gasteiger charge is -2.38. The Hall–Kier alpha value is -2.46. The van der Waals surface area contributed by atoms with Gasteiger partial charge in [-0.25, -0.2) is 0 Å². The van der Waals surface area contributed by atoms with Gasteiger partial charge >= 0.3 is 0 Å². The van der Waals surface area contributed by atoms with E-state index in [4.69, 9.17) is 11.6 Å². The molecule has 0 radical (unpaired) electrons. The summed E-state index contributed by atoms with van der Waals surface area (Å²) in [6, 6.07) is 22.2. The van der Waals surface area contributed by atoms with Crippen LogP contribution in [0.3, 0.4) is 0 Å². The highest BCUT2D eigenvalue weighted by atomic mass is 35.5. The molecule has 154 valence electrons. The van der Waals surface area contributed by atoms with Crippen LogP contribution >= 0.6 is 11.6 Å². The van der Waals surface area contributed by atoms with Crippen LogP contribution in [0, 0.1) is 0 Å². The lowest BCUT2D eigenvalue weighted by atomic mass is 9.84. The molecule has 1 N–H and O–H groups in total. The summed E-state index contributed by atoms with van der Waals surface area (Å²) < 4.78 is 0. The van der Waals surface area contributed by atoms with Crippen molar-refractivity contribution in [2.24, 2.45) is 0 Å². The third kappa shape index (κ3) is 4.99. The largest absolute Gasteiger partial charge is 0.385 e. The summed E-state index contributed by atoms with van der Waals surface area (Å²) in [5.41, 5.74) is 3.79. The number of rotatable bonds is 6. The van der Waals surface area contributed by atoms with Crippen LogP contribution in [0.4, 0.5) is 0 Å². The van der Waals surface area contributed by atoms with E-state index in [9.17, 15) is 5.11 Å². The minimum atomic E-state index is -0.748. The number of hydrogen-bond acceptors (Lipinski definition) is 3. The van der Waals surface area contributed by atoms with Gasteiger partial charge in [0.1, 0.15) is 0 Å². The van der Waals surface area contributed by atoms with E-state index >= 15 is 0 Å². The average molecular weight is 419 g/mol. The van der Waals surface area contributed by atoms with Crippen LogP contribution in [0.1, 0.15) is 36.0 Å². The van der Waals surface area contributed by atoms with Crippen molar-refractivity contribution < 1.29 is 5.11 Å². The molecule has 0 saturated carbocycles. The molecule has 0 unspecified atom stereocenters. The number of aromatic nitrogens is 1. The second-order valence-electron chi connectivity index (χ2n) is 7.89. The Balaban J connectivity index is 1.39. The van der Waals surface area contributed by atoms with E-state index in [1.54, 1.807) is 0 Å². The minimum absolute atomic E-state index is 0.703. The van der Waals surface area contributed by atoms with E-state index in [2.05, 4.69) is 46.3 Å². The van der Waals surface area contributed by atoms with Crippen molar-refractivity contribution >= 4 is 17.2 Å². The van der Waals surface area contributed by atoms with E-state index in [0.717, 1.165) is 50.0 Å². The first-order valence-corrected chi connectivity index (χ1v) is 10.9. The second-order valence-corrected chi connectivity index (χ2v) is 8.33. The SMILES string of the molecule is OC1(c2ccc(Cl)cc2)CCN(CC/C=C(\c2ccccc2)c2cccnc2)CC1. The Bertz CT molecular complexity index is 921. The van der Waals surface area contributed by atoms with Gasteiger partial charge in [-0.15, -0.1) is 0 Å². The number of aliphatic hydroxyl groups is 1. The Morgan fingerprint density at radius 3 is 2.33 bits per heavy atom. The van der Waals surface area contributed by atoms with Gasteiger partial charge in [-0.1, -0.05) is 66.2 Å². The number of nitrogens with zero attached hydrogens (tertiary/aromatic N) is 2. The van der Waals surface area contributed by atoms with Crippen molar-refractivity contribution in [3.8, 4) is 0 Å². The maximum absolute atomic E-state index is 11.1. The zero-order chi connectivity index (χ0) is 20.8. The number of benzene rings is 2. The van der Waals surface area contributed by atoms with Gasteiger partial charge in [0.25, 0.3) is 0 Å². The van der Waals surface area contributed by atoms with Crippen molar-refractivity contribution in [3.63, 3.8) is 0 Å². The van der Waals surface area contributed by atoms with E-state index < -0.39 is 5.60 Å². The summed E-state index contributed by atoms with van der Waals surface area (Å²) in [5.74, 6) is 0. The smallest absolute Gasteiger partial charge is 0.0920 e. The summed E-state index contributed by atoms with van der Waals surface area (Å²) >= 11 is 5.99. The molecule has 1 aliphatic heterocycles.